The van der Waals surface area contributed by atoms with Crippen LogP contribution < -0.4 is 15.8 Å². The number of benzene rings is 2. The fourth-order valence-corrected chi connectivity index (χ4v) is 1.79. The molecule has 2 aromatic rings. The lowest BCUT2D eigenvalue weighted by molar-refractivity contribution is -0.118. The Bertz CT molecular complexity index is 617. The number of carbonyl (C=O) groups excluding carboxylic acids is 1. The van der Waals surface area contributed by atoms with Crippen LogP contribution in [0.2, 0.25) is 0 Å². The maximum atomic E-state index is 12.8. The Morgan fingerprint density at radius 3 is 2.60 bits per heavy atom. The Balaban J connectivity index is 1.90. The zero-order valence-corrected chi connectivity index (χ0v) is 12.0. The molecule has 6 heteroatoms. The van der Waals surface area contributed by atoms with Gasteiger partial charge >= 0.3 is 0 Å². The molecule has 0 saturated carbocycles. The molecule has 0 bridgehead atoms. The second-order valence-corrected chi connectivity index (χ2v) is 4.94. The largest absolute Gasteiger partial charge is 0.482 e. The first-order valence-corrected chi connectivity index (χ1v) is 6.57. The highest BCUT2D eigenvalue weighted by atomic mass is 79.9. The van der Waals surface area contributed by atoms with Crippen LogP contribution in [0.4, 0.5) is 15.8 Å². The number of nitrogens with two attached hydrogens (primary N) is 1. The summed E-state index contributed by atoms with van der Waals surface area (Å²) in [7, 11) is 0. The fraction of sp³-hybridized carbons (Fsp3) is 0.0714. The normalized spacial score (nSPS) is 10.1. The Kier molecular flexibility index (Phi) is 4.57. The molecule has 0 unspecified atom stereocenters. The molecule has 104 valence electrons. The third-order valence-corrected chi connectivity index (χ3v) is 2.99. The lowest BCUT2D eigenvalue weighted by atomic mass is 10.3. The van der Waals surface area contributed by atoms with Crippen LogP contribution in [-0.2, 0) is 4.79 Å². The van der Waals surface area contributed by atoms with E-state index in [1.165, 1.54) is 12.1 Å². The van der Waals surface area contributed by atoms with Gasteiger partial charge in [0.1, 0.15) is 11.6 Å². The van der Waals surface area contributed by atoms with Gasteiger partial charge in [-0.1, -0.05) is 15.9 Å². The second-order valence-electron chi connectivity index (χ2n) is 4.03. The van der Waals surface area contributed by atoms with Crippen LogP contribution in [0.5, 0.6) is 5.75 Å². The molecule has 1 amide bonds. The maximum Gasteiger partial charge on any atom is 0.262 e. The van der Waals surface area contributed by atoms with E-state index in [1.54, 1.807) is 12.1 Å². The molecule has 0 spiro atoms. The molecule has 0 aliphatic heterocycles. The molecular weight excluding hydrogens is 327 g/mol. The molecule has 0 aliphatic carbocycles. The zero-order valence-electron chi connectivity index (χ0n) is 10.4. The van der Waals surface area contributed by atoms with Crippen molar-refractivity contribution in [3.05, 3.63) is 52.8 Å². The van der Waals surface area contributed by atoms with Gasteiger partial charge in [0.05, 0.1) is 5.69 Å². The molecule has 20 heavy (non-hydrogen) atoms. The van der Waals surface area contributed by atoms with E-state index in [0.717, 1.165) is 10.5 Å². The van der Waals surface area contributed by atoms with Crippen molar-refractivity contribution < 1.29 is 13.9 Å². The quantitative estimate of drug-likeness (QED) is 0.841. The van der Waals surface area contributed by atoms with Crippen LogP contribution in [0.3, 0.4) is 0 Å². The molecule has 0 heterocycles. The average molecular weight is 339 g/mol. The van der Waals surface area contributed by atoms with Crippen molar-refractivity contribution in [3.8, 4) is 5.75 Å². The number of nitrogens with one attached hydrogen (secondary N) is 1. The SMILES string of the molecule is Nc1cc(F)ccc1OCC(=O)Nc1ccc(Br)cc1. The number of rotatable bonds is 4. The van der Waals surface area contributed by atoms with E-state index in [9.17, 15) is 9.18 Å². The standard InChI is InChI=1S/C14H12BrFN2O2/c15-9-1-4-11(5-2-9)18-14(19)8-20-13-6-3-10(16)7-12(13)17/h1-7H,8,17H2,(H,18,19). The van der Waals surface area contributed by atoms with Crippen LogP contribution in [0.15, 0.2) is 46.9 Å². The van der Waals surface area contributed by atoms with Crippen molar-refractivity contribution in [1.82, 2.24) is 0 Å². The number of amides is 1. The molecule has 0 fully saturated rings. The molecular formula is C14H12BrFN2O2. The summed E-state index contributed by atoms with van der Waals surface area (Å²) in [4.78, 5) is 11.7. The molecule has 0 aromatic heterocycles. The Labute approximate surface area is 123 Å². The molecule has 0 atom stereocenters. The Hall–Kier alpha value is -2.08. The fourth-order valence-electron chi connectivity index (χ4n) is 1.52. The van der Waals surface area contributed by atoms with Crippen molar-refractivity contribution in [2.24, 2.45) is 0 Å². The zero-order chi connectivity index (χ0) is 14.5. The number of nitrogen functional groups attached to an aromatic ring is 1. The van der Waals surface area contributed by atoms with Gasteiger partial charge in [-0.15, -0.1) is 0 Å². The molecule has 2 rings (SSSR count). The van der Waals surface area contributed by atoms with Gasteiger partial charge in [-0.2, -0.15) is 0 Å². The van der Waals surface area contributed by atoms with Crippen molar-refractivity contribution in [2.45, 2.75) is 0 Å². The van der Waals surface area contributed by atoms with E-state index < -0.39 is 5.82 Å². The van der Waals surface area contributed by atoms with E-state index in [4.69, 9.17) is 10.5 Å². The number of ether oxygens (including phenoxy) is 1. The Morgan fingerprint density at radius 2 is 1.95 bits per heavy atom. The number of hydrogen-bond donors (Lipinski definition) is 2. The van der Waals surface area contributed by atoms with Crippen LogP contribution in [0.1, 0.15) is 0 Å². The van der Waals surface area contributed by atoms with Crippen molar-refractivity contribution in [2.75, 3.05) is 17.7 Å². The summed E-state index contributed by atoms with van der Waals surface area (Å²) in [6.45, 7) is -0.202. The van der Waals surface area contributed by atoms with Crippen molar-refractivity contribution in [1.29, 1.82) is 0 Å². The predicted molar refractivity (Wildman–Crippen MR) is 79.1 cm³/mol. The number of hydrogen-bond acceptors (Lipinski definition) is 3. The monoisotopic (exact) mass is 338 g/mol. The minimum absolute atomic E-state index is 0.154. The van der Waals surface area contributed by atoms with E-state index in [0.29, 0.717) is 5.69 Å². The topological polar surface area (TPSA) is 64.3 Å². The van der Waals surface area contributed by atoms with Crippen LogP contribution in [0.25, 0.3) is 0 Å². The predicted octanol–water partition coefficient (Wildman–Crippen LogP) is 3.19. The van der Waals surface area contributed by atoms with E-state index in [2.05, 4.69) is 21.2 Å². The van der Waals surface area contributed by atoms with Crippen LogP contribution in [0, 0.1) is 5.82 Å². The first-order valence-electron chi connectivity index (χ1n) is 5.78. The number of anilines is 2. The van der Waals surface area contributed by atoms with Gasteiger partial charge in [0, 0.05) is 16.2 Å². The van der Waals surface area contributed by atoms with Gasteiger partial charge in [0.25, 0.3) is 5.91 Å². The van der Waals surface area contributed by atoms with Gasteiger partial charge in [0.15, 0.2) is 6.61 Å². The lowest BCUT2D eigenvalue weighted by Crippen LogP contribution is -2.20. The summed E-state index contributed by atoms with van der Waals surface area (Å²) in [6, 6.07) is 10.9. The first-order chi connectivity index (χ1) is 9.54. The third-order valence-electron chi connectivity index (χ3n) is 2.46. The summed E-state index contributed by atoms with van der Waals surface area (Å²) in [5, 5.41) is 2.67. The molecule has 0 radical (unpaired) electrons. The van der Waals surface area contributed by atoms with Crippen molar-refractivity contribution in [3.63, 3.8) is 0 Å². The highest BCUT2D eigenvalue weighted by molar-refractivity contribution is 9.10. The first kappa shape index (κ1) is 14.3. The van der Waals surface area contributed by atoms with Gasteiger partial charge in [-0.3, -0.25) is 4.79 Å². The van der Waals surface area contributed by atoms with Gasteiger partial charge in [-0.25, -0.2) is 4.39 Å². The van der Waals surface area contributed by atoms with Gasteiger partial charge in [0.2, 0.25) is 0 Å². The molecule has 2 aromatic carbocycles. The lowest BCUT2D eigenvalue weighted by Gasteiger charge is -2.09. The van der Waals surface area contributed by atoms with Crippen LogP contribution >= 0.6 is 15.9 Å². The highest BCUT2D eigenvalue weighted by Gasteiger charge is 2.06. The second kappa shape index (κ2) is 6.38. The third kappa shape index (κ3) is 3.96. The smallest absolute Gasteiger partial charge is 0.262 e. The molecule has 0 aliphatic rings. The minimum atomic E-state index is -0.450. The number of halogens is 2. The maximum absolute atomic E-state index is 12.8. The number of carbonyl (C=O) groups is 1. The summed E-state index contributed by atoms with van der Waals surface area (Å²) in [6.07, 6.45) is 0. The van der Waals surface area contributed by atoms with Crippen LogP contribution in [-0.4, -0.2) is 12.5 Å². The van der Waals surface area contributed by atoms with Gasteiger partial charge < -0.3 is 15.8 Å². The Morgan fingerprint density at radius 1 is 1.25 bits per heavy atom. The summed E-state index contributed by atoms with van der Waals surface area (Å²) >= 11 is 3.30. The van der Waals surface area contributed by atoms with E-state index >= 15 is 0 Å². The van der Waals surface area contributed by atoms with Gasteiger partial charge in [-0.05, 0) is 36.4 Å². The molecule has 4 nitrogen and oxygen atoms in total. The van der Waals surface area contributed by atoms with E-state index in [1.807, 2.05) is 12.1 Å². The van der Waals surface area contributed by atoms with Crippen molar-refractivity contribution >= 4 is 33.2 Å². The average Bonchev–Trinajstić information content (AvgIpc) is 2.40. The minimum Gasteiger partial charge on any atom is -0.482 e. The molecule has 0 saturated heterocycles. The summed E-state index contributed by atoms with van der Waals surface area (Å²) < 4.78 is 19.0. The summed E-state index contributed by atoms with van der Waals surface area (Å²) in [5.74, 6) is -0.498. The highest BCUT2D eigenvalue weighted by Crippen LogP contribution is 2.21. The summed E-state index contributed by atoms with van der Waals surface area (Å²) in [5.41, 5.74) is 6.39. The molecule has 3 N–H and O–H groups in total. The van der Waals surface area contributed by atoms with E-state index in [-0.39, 0.29) is 24.0 Å².